The molecule has 0 saturated carbocycles. The number of nitrogens with one attached hydrogen (secondary N) is 1. The van der Waals surface area contributed by atoms with Crippen LogP contribution in [0.4, 0.5) is 0 Å². The second-order valence-electron chi connectivity index (χ2n) is 6.39. The Morgan fingerprint density at radius 2 is 1.67 bits per heavy atom. The summed E-state index contributed by atoms with van der Waals surface area (Å²) in [5, 5.41) is 3.37. The molecule has 6 heteroatoms. The van der Waals surface area contributed by atoms with Crippen LogP contribution in [-0.2, 0) is 16.1 Å². The van der Waals surface area contributed by atoms with E-state index in [2.05, 4.69) is 5.32 Å². The second kappa shape index (κ2) is 9.97. The van der Waals surface area contributed by atoms with E-state index in [1.165, 1.54) is 0 Å². The number of benzene rings is 2. The maximum Gasteiger partial charge on any atom is 0.329 e. The van der Waals surface area contributed by atoms with Crippen molar-refractivity contribution in [3.8, 4) is 5.75 Å². The van der Waals surface area contributed by atoms with Gasteiger partial charge >= 0.3 is 5.97 Å². The first kappa shape index (κ1) is 20.8. The van der Waals surface area contributed by atoms with Crippen LogP contribution in [0.2, 0.25) is 5.02 Å². The number of amides is 1. The van der Waals surface area contributed by atoms with Crippen LogP contribution in [0.5, 0.6) is 5.75 Å². The Kier molecular flexibility index (Phi) is 7.67. The zero-order valence-corrected chi connectivity index (χ0v) is 16.5. The Morgan fingerprint density at radius 1 is 1.04 bits per heavy atom. The van der Waals surface area contributed by atoms with Crippen molar-refractivity contribution in [3.63, 3.8) is 0 Å². The molecular weight excluding hydrogens is 366 g/mol. The fourth-order valence-corrected chi connectivity index (χ4v) is 2.54. The van der Waals surface area contributed by atoms with Crippen molar-refractivity contribution in [3.05, 3.63) is 64.7 Å². The molecular formula is C21H24ClNO4. The lowest BCUT2D eigenvalue weighted by Gasteiger charge is -2.21. The number of halogens is 1. The summed E-state index contributed by atoms with van der Waals surface area (Å²) in [6, 6.07) is 13.1. The molecule has 0 fully saturated rings. The fraction of sp³-hybridized carbons (Fsp3) is 0.333. The van der Waals surface area contributed by atoms with Gasteiger partial charge in [0.05, 0.1) is 6.61 Å². The van der Waals surface area contributed by atoms with Gasteiger partial charge < -0.3 is 14.8 Å². The summed E-state index contributed by atoms with van der Waals surface area (Å²) in [5.41, 5.74) is 1.28. The molecule has 0 radical (unpaired) electrons. The van der Waals surface area contributed by atoms with Gasteiger partial charge in [0.25, 0.3) is 5.91 Å². The molecule has 0 saturated heterocycles. The second-order valence-corrected chi connectivity index (χ2v) is 6.82. The number of esters is 1. The van der Waals surface area contributed by atoms with Gasteiger partial charge in [0.15, 0.2) is 0 Å². The minimum absolute atomic E-state index is 0.116. The summed E-state index contributed by atoms with van der Waals surface area (Å²) in [5.74, 6) is -0.231. The number of rotatable bonds is 8. The third-order valence-corrected chi connectivity index (χ3v) is 4.18. The van der Waals surface area contributed by atoms with Crippen molar-refractivity contribution < 1.29 is 19.1 Å². The van der Waals surface area contributed by atoms with Crippen LogP contribution in [0.3, 0.4) is 0 Å². The largest absolute Gasteiger partial charge is 0.494 e. The first-order chi connectivity index (χ1) is 12.9. The van der Waals surface area contributed by atoms with E-state index >= 15 is 0 Å². The van der Waals surface area contributed by atoms with Crippen molar-refractivity contribution in [1.29, 1.82) is 0 Å². The van der Waals surface area contributed by atoms with Crippen LogP contribution in [0.1, 0.15) is 36.7 Å². The smallest absolute Gasteiger partial charge is 0.329 e. The normalized spacial score (nSPS) is 11.7. The predicted molar refractivity (Wildman–Crippen MR) is 105 cm³/mol. The molecule has 1 atom stereocenters. The molecule has 0 aliphatic rings. The van der Waals surface area contributed by atoms with Crippen LogP contribution >= 0.6 is 11.6 Å². The SMILES string of the molecule is CCOc1ccc(C(=O)N[C@H](C(=O)OCc2ccc(Cl)cc2)C(C)C)cc1. The molecule has 1 amide bonds. The Bertz CT molecular complexity index is 757. The van der Waals surface area contributed by atoms with Gasteiger partial charge in [-0.2, -0.15) is 0 Å². The van der Waals surface area contributed by atoms with Gasteiger partial charge in [-0.3, -0.25) is 4.79 Å². The molecule has 27 heavy (non-hydrogen) atoms. The molecule has 2 aromatic carbocycles. The maximum absolute atomic E-state index is 12.5. The molecule has 5 nitrogen and oxygen atoms in total. The van der Waals surface area contributed by atoms with Gasteiger partial charge in [-0.25, -0.2) is 4.79 Å². The molecule has 1 N–H and O–H groups in total. The highest BCUT2D eigenvalue weighted by atomic mass is 35.5. The van der Waals surface area contributed by atoms with Gasteiger partial charge in [-0.05, 0) is 54.8 Å². The van der Waals surface area contributed by atoms with E-state index in [9.17, 15) is 9.59 Å². The van der Waals surface area contributed by atoms with Crippen LogP contribution < -0.4 is 10.1 Å². The quantitative estimate of drug-likeness (QED) is 0.686. The average Bonchev–Trinajstić information content (AvgIpc) is 2.66. The highest BCUT2D eigenvalue weighted by Crippen LogP contribution is 2.14. The van der Waals surface area contributed by atoms with Gasteiger partial charge in [0, 0.05) is 10.6 Å². The van der Waals surface area contributed by atoms with E-state index in [0.717, 1.165) is 5.56 Å². The minimum atomic E-state index is -0.739. The summed E-state index contributed by atoms with van der Waals surface area (Å²) in [7, 11) is 0. The van der Waals surface area contributed by atoms with E-state index in [1.807, 2.05) is 20.8 Å². The van der Waals surface area contributed by atoms with Crippen LogP contribution in [0.25, 0.3) is 0 Å². The summed E-state index contributed by atoms with van der Waals surface area (Å²) in [6.45, 7) is 6.28. The number of hydrogen-bond acceptors (Lipinski definition) is 4. The topological polar surface area (TPSA) is 64.6 Å². The average molecular weight is 390 g/mol. The predicted octanol–water partition coefficient (Wildman–Crippen LogP) is 4.24. The third-order valence-electron chi connectivity index (χ3n) is 3.93. The van der Waals surface area contributed by atoms with Gasteiger partial charge in [-0.15, -0.1) is 0 Å². The van der Waals surface area contributed by atoms with Gasteiger partial charge in [0.2, 0.25) is 0 Å². The third kappa shape index (κ3) is 6.29. The number of carbonyl (C=O) groups is 2. The Labute approximate surface area is 164 Å². The standard InChI is InChI=1S/C21H24ClNO4/c1-4-26-18-11-7-16(8-12-18)20(24)23-19(14(2)3)21(25)27-13-15-5-9-17(22)10-6-15/h5-12,14,19H,4,13H2,1-3H3,(H,23,24)/t19-/m0/s1. The van der Waals surface area contributed by atoms with Crippen molar-refractivity contribution >= 4 is 23.5 Å². The summed E-state index contributed by atoms with van der Waals surface area (Å²) >= 11 is 5.85. The Morgan fingerprint density at radius 3 is 2.22 bits per heavy atom. The van der Waals surface area contributed by atoms with Crippen molar-refractivity contribution in [1.82, 2.24) is 5.32 Å². The molecule has 144 valence electrons. The zero-order valence-electron chi connectivity index (χ0n) is 15.7. The van der Waals surface area contributed by atoms with E-state index in [4.69, 9.17) is 21.1 Å². The van der Waals surface area contributed by atoms with E-state index in [-0.39, 0.29) is 18.4 Å². The lowest BCUT2D eigenvalue weighted by molar-refractivity contribution is -0.148. The molecule has 2 rings (SSSR count). The van der Waals surface area contributed by atoms with E-state index in [1.54, 1.807) is 48.5 Å². The summed E-state index contributed by atoms with van der Waals surface area (Å²) in [4.78, 5) is 24.9. The molecule has 0 bridgehead atoms. The number of hydrogen-bond donors (Lipinski definition) is 1. The van der Waals surface area contributed by atoms with Gasteiger partial charge in [-0.1, -0.05) is 37.6 Å². The number of carbonyl (C=O) groups excluding carboxylic acids is 2. The lowest BCUT2D eigenvalue weighted by atomic mass is 10.0. The molecule has 0 aliphatic heterocycles. The van der Waals surface area contributed by atoms with Crippen molar-refractivity contribution in [2.45, 2.75) is 33.4 Å². The fourth-order valence-electron chi connectivity index (χ4n) is 2.42. The molecule has 0 spiro atoms. The summed E-state index contributed by atoms with van der Waals surface area (Å²) < 4.78 is 10.7. The molecule has 2 aromatic rings. The van der Waals surface area contributed by atoms with Crippen LogP contribution in [0.15, 0.2) is 48.5 Å². The Hall–Kier alpha value is -2.53. The first-order valence-corrected chi connectivity index (χ1v) is 9.23. The Balaban J connectivity index is 1.97. The minimum Gasteiger partial charge on any atom is -0.494 e. The van der Waals surface area contributed by atoms with E-state index < -0.39 is 12.0 Å². The highest BCUT2D eigenvalue weighted by molar-refractivity contribution is 6.30. The first-order valence-electron chi connectivity index (χ1n) is 8.85. The number of ether oxygens (including phenoxy) is 2. The van der Waals surface area contributed by atoms with Crippen molar-refractivity contribution in [2.75, 3.05) is 6.61 Å². The molecule has 0 aliphatic carbocycles. The molecule has 0 heterocycles. The van der Waals surface area contributed by atoms with Gasteiger partial charge in [0.1, 0.15) is 18.4 Å². The van der Waals surface area contributed by atoms with E-state index in [0.29, 0.717) is 22.9 Å². The van der Waals surface area contributed by atoms with Crippen LogP contribution in [0, 0.1) is 5.92 Å². The lowest BCUT2D eigenvalue weighted by Crippen LogP contribution is -2.45. The highest BCUT2D eigenvalue weighted by Gasteiger charge is 2.26. The van der Waals surface area contributed by atoms with Crippen LogP contribution in [-0.4, -0.2) is 24.5 Å². The van der Waals surface area contributed by atoms with Crippen molar-refractivity contribution in [2.24, 2.45) is 5.92 Å². The maximum atomic E-state index is 12.5. The summed E-state index contributed by atoms with van der Waals surface area (Å²) in [6.07, 6.45) is 0. The zero-order chi connectivity index (χ0) is 19.8. The molecule has 0 aromatic heterocycles. The molecule has 0 unspecified atom stereocenters. The monoisotopic (exact) mass is 389 g/mol.